The molecule has 1 aliphatic rings. The fourth-order valence-corrected chi connectivity index (χ4v) is 3.33. The number of hydrogen-bond donors (Lipinski definition) is 0. The molecule has 0 radical (unpaired) electrons. The van der Waals surface area contributed by atoms with E-state index in [1.165, 1.54) is 12.8 Å². The molecule has 1 fully saturated rings. The van der Waals surface area contributed by atoms with E-state index in [1.54, 1.807) is 0 Å². The summed E-state index contributed by atoms with van der Waals surface area (Å²) in [5.74, 6) is 0.323. The summed E-state index contributed by atoms with van der Waals surface area (Å²) < 4.78 is 0. The predicted molar refractivity (Wildman–Crippen MR) is 74.9 cm³/mol. The summed E-state index contributed by atoms with van der Waals surface area (Å²) in [7, 11) is 0. The van der Waals surface area contributed by atoms with Gasteiger partial charge < -0.3 is 0 Å². The molecule has 0 aromatic heterocycles. The van der Waals surface area contributed by atoms with Gasteiger partial charge in [0, 0.05) is 5.56 Å². The molecule has 0 amide bonds. The van der Waals surface area contributed by atoms with Crippen molar-refractivity contribution in [2.75, 3.05) is 13.1 Å². The minimum absolute atomic E-state index is 0.231. The standard InChI is InChI=1S/C16H23NO/c1-3-17(4-2)16(12-8-9-13-16)15(18)14-10-6-5-7-11-14/h5-7,10-11H,3-4,8-9,12-13H2,1-2H3. The molecule has 2 heteroatoms. The topological polar surface area (TPSA) is 20.3 Å². The normalized spacial score (nSPS) is 18.2. The molecule has 18 heavy (non-hydrogen) atoms. The Labute approximate surface area is 110 Å². The van der Waals surface area contributed by atoms with E-state index in [2.05, 4.69) is 18.7 Å². The number of ketones is 1. The molecule has 0 bridgehead atoms. The highest BCUT2D eigenvalue weighted by Gasteiger charge is 2.44. The van der Waals surface area contributed by atoms with Crippen molar-refractivity contribution in [2.45, 2.75) is 45.1 Å². The summed E-state index contributed by atoms with van der Waals surface area (Å²) in [6.45, 7) is 6.22. The van der Waals surface area contributed by atoms with Crippen LogP contribution in [0.5, 0.6) is 0 Å². The van der Waals surface area contributed by atoms with Gasteiger partial charge in [0.05, 0.1) is 5.54 Å². The zero-order valence-corrected chi connectivity index (χ0v) is 11.5. The minimum Gasteiger partial charge on any atom is -0.292 e. The first-order chi connectivity index (χ1) is 8.74. The number of carbonyl (C=O) groups excluding carboxylic acids is 1. The van der Waals surface area contributed by atoms with Crippen LogP contribution in [0.1, 0.15) is 49.9 Å². The van der Waals surface area contributed by atoms with E-state index >= 15 is 0 Å². The lowest BCUT2D eigenvalue weighted by atomic mass is 9.85. The molecule has 1 aliphatic carbocycles. The summed E-state index contributed by atoms with van der Waals surface area (Å²) in [4.78, 5) is 15.2. The lowest BCUT2D eigenvalue weighted by molar-refractivity contribution is 0.0584. The first kappa shape index (κ1) is 13.3. The number of benzene rings is 1. The SMILES string of the molecule is CCN(CC)C1(C(=O)c2ccccc2)CCCC1. The Hall–Kier alpha value is -1.15. The highest BCUT2D eigenvalue weighted by molar-refractivity contribution is 6.03. The second-order valence-corrected chi connectivity index (χ2v) is 5.11. The molecule has 0 aliphatic heterocycles. The number of hydrogen-bond acceptors (Lipinski definition) is 2. The largest absolute Gasteiger partial charge is 0.292 e. The Kier molecular flexibility index (Phi) is 4.18. The first-order valence-electron chi connectivity index (χ1n) is 7.09. The number of nitrogens with zero attached hydrogens (tertiary/aromatic N) is 1. The molecule has 0 unspecified atom stereocenters. The van der Waals surface area contributed by atoms with Crippen molar-refractivity contribution in [1.82, 2.24) is 4.90 Å². The highest BCUT2D eigenvalue weighted by Crippen LogP contribution is 2.37. The van der Waals surface area contributed by atoms with Crippen LogP contribution in [-0.2, 0) is 0 Å². The van der Waals surface area contributed by atoms with E-state index in [0.717, 1.165) is 31.5 Å². The minimum atomic E-state index is -0.231. The molecule has 1 aromatic carbocycles. The van der Waals surface area contributed by atoms with Crippen molar-refractivity contribution in [3.05, 3.63) is 35.9 Å². The number of carbonyl (C=O) groups is 1. The number of rotatable bonds is 5. The van der Waals surface area contributed by atoms with E-state index < -0.39 is 0 Å². The monoisotopic (exact) mass is 245 g/mol. The van der Waals surface area contributed by atoms with Gasteiger partial charge in [-0.15, -0.1) is 0 Å². The molecule has 0 atom stereocenters. The van der Waals surface area contributed by atoms with Gasteiger partial charge in [-0.3, -0.25) is 9.69 Å². The fraction of sp³-hybridized carbons (Fsp3) is 0.562. The summed E-state index contributed by atoms with van der Waals surface area (Å²) >= 11 is 0. The zero-order chi connectivity index (χ0) is 13.0. The Morgan fingerprint density at radius 1 is 1.11 bits per heavy atom. The van der Waals surface area contributed by atoms with Gasteiger partial charge in [-0.1, -0.05) is 57.0 Å². The average molecular weight is 245 g/mol. The molecule has 2 rings (SSSR count). The number of Topliss-reactive ketones (excluding diaryl/α,β-unsaturated/α-hetero) is 1. The quantitative estimate of drug-likeness (QED) is 0.740. The van der Waals surface area contributed by atoms with E-state index in [9.17, 15) is 4.79 Å². The fourth-order valence-electron chi connectivity index (χ4n) is 3.33. The third-order valence-corrected chi connectivity index (χ3v) is 4.26. The van der Waals surface area contributed by atoms with Crippen molar-refractivity contribution >= 4 is 5.78 Å². The summed E-state index contributed by atoms with van der Waals surface area (Å²) in [5.41, 5.74) is 0.636. The lowest BCUT2D eigenvalue weighted by Crippen LogP contribution is -2.52. The summed E-state index contributed by atoms with van der Waals surface area (Å²) in [6, 6.07) is 9.78. The van der Waals surface area contributed by atoms with Crippen LogP contribution in [0.2, 0.25) is 0 Å². The van der Waals surface area contributed by atoms with Crippen molar-refractivity contribution < 1.29 is 4.79 Å². The molecule has 2 nitrogen and oxygen atoms in total. The molecule has 98 valence electrons. The van der Waals surface area contributed by atoms with Gasteiger partial charge in [0.2, 0.25) is 0 Å². The van der Waals surface area contributed by atoms with Gasteiger partial charge in [-0.05, 0) is 25.9 Å². The van der Waals surface area contributed by atoms with Crippen LogP contribution in [-0.4, -0.2) is 29.3 Å². The molecular weight excluding hydrogens is 222 g/mol. The summed E-state index contributed by atoms with van der Waals surface area (Å²) in [6.07, 6.45) is 4.38. The molecule has 0 saturated heterocycles. The maximum Gasteiger partial charge on any atom is 0.183 e. The smallest absolute Gasteiger partial charge is 0.183 e. The van der Waals surface area contributed by atoms with E-state index in [-0.39, 0.29) is 5.54 Å². The molecule has 0 N–H and O–H groups in total. The Morgan fingerprint density at radius 2 is 1.67 bits per heavy atom. The van der Waals surface area contributed by atoms with Crippen molar-refractivity contribution in [1.29, 1.82) is 0 Å². The molecular formula is C16H23NO. The zero-order valence-electron chi connectivity index (χ0n) is 11.5. The van der Waals surface area contributed by atoms with E-state index in [0.29, 0.717) is 5.78 Å². The van der Waals surface area contributed by atoms with Crippen molar-refractivity contribution in [3.63, 3.8) is 0 Å². The third-order valence-electron chi connectivity index (χ3n) is 4.26. The summed E-state index contributed by atoms with van der Waals surface area (Å²) in [5, 5.41) is 0. The van der Waals surface area contributed by atoms with E-state index in [4.69, 9.17) is 0 Å². The van der Waals surface area contributed by atoms with Crippen molar-refractivity contribution in [2.24, 2.45) is 0 Å². The average Bonchev–Trinajstić information content (AvgIpc) is 2.91. The molecule has 1 saturated carbocycles. The van der Waals surface area contributed by atoms with Gasteiger partial charge in [-0.2, -0.15) is 0 Å². The van der Waals surface area contributed by atoms with Crippen LogP contribution in [0.4, 0.5) is 0 Å². The number of likely N-dealkylation sites (N-methyl/N-ethyl adjacent to an activating group) is 1. The Bertz CT molecular complexity index is 389. The van der Waals surface area contributed by atoms with Crippen LogP contribution in [0.15, 0.2) is 30.3 Å². The van der Waals surface area contributed by atoms with Crippen LogP contribution < -0.4 is 0 Å². The predicted octanol–water partition coefficient (Wildman–Crippen LogP) is 3.52. The van der Waals surface area contributed by atoms with Crippen LogP contribution in [0.3, 0.4) is 0 Å². The van der Waals surface area contributed by atoms with Gasteiger partial charge >= 0.3 is 0 Å². The Morgan fingerprint density at radius 3 is 2.17 bits per heavy atom. The first-order valence-corrected chi connectivity index (χ1v) is 7.09. The maximum absolute atomic E-state index is 12.9. The maximum atomic E-state index is 12.9. The highest BCUT2D eigenvalue weighted by atomic mass is 16.1. The van der Waals surface area contributed by atoms with Crippen LogP contribution >= 0.6 is 0 Å². The second kappa shape index (κ2) is 5.66. The van der Waals surface area contributed by atoms with Gasteiger partial charge in [0.1, 0.15) is 0 Å². The van der Waals surface area contributed by atoms with Crippen LogP contribution in [0, 0.1) is 0 Å². The molecule has 0 heterocycles. The third kappa shape index (κ3) is 2.22. The van der Waals surface area contributed by atoms with Crippen molar-refractivity contribution in [3.8, 4) is 0 Å². The Balaban J connectivity index is 2.33. The van der Waals surface area contributed by atoms with E-state index in [1.807, 2.05) is 30.3 Å². The lowest BCUT2D eigenvalue weighted by Gasteiger charge is -2.39. The second-order valence-electron chi connectivity index (χ2n) is 5.11. The van der Waals surface area contributed by atoms with Gasteiger partial charge in [0.25, 0.3) is 0 Å². The van der Waals surface area contributed by atoms with Crippen LogP contribution in [0.25, 0.3) is 0 Å². The molecule has 1 aromatic rings. The van der Waals surface area contributed by atoms with Gasteiger partial charge in [-0.25, -0.2) is 0 Å². The van der Waals surface area contributed by atoms with Gasteiger partial charge in [0.15, 0.2) is 5.78 Å². The molecule has 0 spiro atoms.